The van der Waals surface area contributed by atoms with E-state index >= 15 is 0 Å². The van der Waals surface area contributed by atoms with Crippen LogP contribution in [0, 0.1) is 0 Å². The Morgan fingerprint density at radius 1 is 1.35 bits per heavy atom. The molecule has 0 fully saturated rings. The monoisotopic (exact) mass is 234 g/mol. The van der Waals surface area contributed by atoms with E-state index in [4.69, 9.17) is 10.5 Å². The van der Waals surface area contributed by atoms with Crippen molar-refractivity contribution in [3.63, 3.8) is 0 Å². The Labute approximate surface area is 103 Å². The van der Waals surface area contributed by atoms with Crippen LogP contribution in [0.1, 0.15) is 32.3 Å². The molecule has 1 aliphatic heterocycles. The minimum absolute atomic E-state index is 0.117. The number of aryl methyl sites for hydroxylation is 1. The third-order valence-electron chi connectivity index (χ3n) is 3.05. The zero-order chi connectivity index (χ0) is 12.3. The highest BCUT2D eigenvalue weighted by Crippen LogP contribution is 2.33. The van der Waals surface area contributed by atoms with Gasteiger partial charge in [0.2, 0.25) is 0 Å². The summed E-state index contributed by atoms with van der Waals surface area (Å²) < 4.78 is 5.92. The average Bonchev–Trinajstić information content (AvgIpc) is 2.29. The lowest BCUT2D eigenvalue weighted by Gasteiger charge is -2.33. The van der Waals surface area contributed by atoms with Crippen LogP contribution in [0.3, 0.4) is 0 Å². The SMILES string of the molecule is CC1(C)CNc2cc(CCCCN)ccc2O1. The standard InChI is InChI=1S/C14H22N2O/c1-14(2)10-16-12-9-11(5-3-4-8-15)6-7-13(12)17-14/h6-7,9,16H,3-5,8,10,15H2,1-2H3. The van der Waals surface area contributed by atoms with Crippen molar-refractivity contribution in [3.05, 3.63) is 23.8 Å². The minimum Gasteiger partial charge on any atom is -0.484 e. The van der Waals surface area contributed by atoms with Gasteiger partial charge in [0.1, 0.15) is 11.4 Å². The van der Waals surface area contributed by atoms with Crippen LogP contribution < -0.4 is 15.8 Å². The van der Waals surface area contributed by atoms with E-state index in [-0.39, 0.29) is 5.60 Å². The van der Waals surface area contributed by atoms with Gasteiger partial charge < -0.3 is 15.8 Å². The molecule has 0 spiro atoms. The summed E-state index contributed by atoms with van der Waals surface area (Å²) >= 11 is 0. The van der Waals surface area contributed by atoms with Crippen molar-refractivity contribution in [1.82, 2.24) is 0 Å². The van der Waals surface area contributed by atoms with Gasteiger partial charge in [0.05, 0.1) is 12.2 Å². The Morgan fingerprint density at radius 2 is 2.18 bits per heavy atom. The average molecular weight is 234 g/mol. The van der Waals surface area contributed by atoms with Crippen LogP contribution in [0.15, 0.2) is 18.2 Å². The van der Waals surface area contributed by atoms with Crippen LogP contribution in [-0.2, 0) is 6.42 Å². The van der Waals surface area contributed by atoms with E-state index in [0.717, 1.165) is 43.8 Å². The van der Waals surface area contributed by atoms with E-state index in [0.29, 0.717) is 0 Å². The molecule has 2 rings (SSSR count). The van der Waals surface area contributed by atoms with E-state index in [1.54, 1.807) is 0 Å². The van der Waals surface area contributed by atoms with Gasteiger partial charge in [-0.05, 0) is 57.4 Å². The van der Waals surface area contributed by atoms with Crippen molar-refractivity contribution in [1.29, 1.82) is 0 Å². The molecule has 0 aliphatic carbocycles. The topological polar surface area (TPSA) is 47.3 Å². The van der Waals surface area contributed by atoms with Gasteiger partial charge in [-0.1, -0.05) is 6.07 Å². The first kappa shape index (κ1) is 12.2. The van der Waals surface area contributed by atoms with Gasteiger partial charge in [0.15, 0.2) is 0 Å². The lowest BCUT2D eigenvalue weighted by atomic mass is 10.0. The highest BCUT2D eigenvalue weighted by Gasteiger charge is 2.25. The first-order valence-electron chi connectivity index (χ1n) is 6.37. The fourth-order valence-electron chi connectivity index (χ4n) is 2.08. The van der Waals surface area contributed by atoms with Crippen molar-refractivity contribution >= 4 is 5.69 Å². The summed E-state index contributed by atoms with van der Waals surface area (Å²) in [5, 5.41) is 3.43. The maximum absolute atomic E-state index is 5.92. The van der Waals surface area contributed by atoms with Crippen LogP contribution in [0.25, 0.3) is 0 Å². The summed E-state index contributed by atoms with van der Waals surface area (Å²) in [6.07, 6.45) is 3.34. The summed E-state index contributed by atoms with van der Waals surface area (Å²) in [5.41, 5.74) is 7.86. The summed E-state index contributed by atoms with van der Waals surface area (Å²) in [6.45, 7) is 5.82. The minimum atomic E-state index is -0.117. The molecule has 0 amide bonds. The lowest BCUT2D eigenvalue weighted by molar-refractivity contribution is 0.116. The van der Waals surface area contributed by atoms with Crippen molar-refractivity contribution < 1.29 is 4.74 Å². The molecule has 3 N–H and O–H groups in total. The lowest BCUT2D eigenvalue weighted by Crippen LogP contribution is -2.40. The Kier molecular flexibility index (Phi) is 3.57. The van der Waals surface area contributed by atoms with Crippen molar-refractivity contribution in [3.8, 4) is 5.75 Å². The molecule has 1 aliphatic rings. The van der Waals surface area contributed by atoms with E-state index in [1.165, 1.54) is 5.56 Å². The second-order valence-electron chi connectivity index (χ2n) is 5.29. The van der Waals surface area contributed by atoms with Gasteiger partial charge in [0.25, 0.3) is 0 Å². The predicted molar refractivity (Wildman–Crippen MR) is 71.6 cm³/mol. The molecule has 1 aromatic carbocycles. The van der Waals surface area contributed by atoms with Gasteiger partial charge in [0, 0.05) is 0 Å². The first-order chi connectivity index (χ1) is 8.11. The summed E-state index contributed by atoms with van der Waals surface area (Å²) in [5.74, 6) is 0.962. The normalized spacial score (nSPS) is 16.9. The number of nitrogens with two attached hydrogens (primary N) is 1. The summed E-state index contributed by atoms with van der Waals surface area (Å²) in [6, 6.07) is 6.42. The van der Waals surface area contributed by atoms with E-state index in [9.17, 15) is 0 Å². The highest BCUT2D eigenvalue weighted by atomic mass is 16.5. The number of nitrogens with one attached hydrogen (secondary N) is 1. The molecule has 3 heteroatoms. The maximum Gasteiger partial charge on any atom is 0.143 e. The zero-order valence-electron chi connectivity index (χ0n) is 10.8. The van der Waals surface area contributed by atoms with Crippen molar-refractivity contribution in [2.24, 2.45) is 5.73 Å². The van der Waals surface area contributed by atoms with Gasteiger partial charge in [-0.2, -0.15) is 0 Å². The van der Waals surface area contributed by atoms with Crippen LogP contribution in [0.4, 0.5) is 5.69 Å². The van der Waals surface area contributed by atoms with Gasteiger partial charge >= 0.3 is 0 Å². The number of ether oxygens (including phenoxy) is 1. The number of unbranched alkanes of at least 4 members (excludes halogenated alkanes) is 1. The molecule has 3 nitrogen and oxygen atoms in total. The molecule has 0 saturated carbocycles. The summed E-state index contributed by atoms with van der Waals surface area (Å²) in [7, 11) is 0. The second-order valence-corrected chi connectivity index (χ2v) is 5.29. The quantitative estimate of drug-likeness (QED) is 0.787. The van der Waals surface area contributed by atoms with Crippen LogP contribution in [0.5, 0.6) is 5.75 Å². The molecule has 0 unspecified atom stereocenters. The smallest absolute Gasteiger partial charge is 0.143 e. The zero-order valence-corrected chi connectivity index (χ0v) is 10.8. The Morgan fingerprint density at radius 3 is 2.94 bits per heavy atom. The first-order valence-corrected chi connectivity index (χ1v) is 6.37. The number of fused-ring (bicyclic) bond motifs is 1. The number of hydrogen-bond acceptors (Lipinski definition) is 3. The summed E-state index contributed by atoms with van der Waals surface area (Å²) in [4.78, 5) is 0. The number of anilines is 1. The van der Waals surface area contributed by atoms with Crippen LogP contribution >= 0.6 is 0 Å². The second kappa shape index (κ2) is 4.96. The van der Waals surface area contributed by atoms with E-state index < -0.39 is 0 Å². The van der Waals surface area contributed by atoms with Crippen molar-refractivity contribution in [2.75, 3.05) is 18.4 Å². The van der Waals surface area contributed by atoms with E-state index in [2.05, 4.69) is 37.4 Å². The highest BCUT2D eigenvalue weighted by molar-refractivity contribution is 5.60. The van der Waals surface area contributed by atoms with Crippen LogP contribution in [0.2, 0.25) is 0 Å². The number of rotatable bonds is 4. The third-order valence-corrected chi connectivity index (χ3v) is 3.05. The predicted octanol–water partition coefficient (Wildman–Crippen LogP) is 2.55. The van der Waals surface area contributed by atoms with Gasteiger partial charge in [-0.25, -0.2) is 0 Å². The fourth-order valence-corrected chi connectivity index (χ4v) is 2.08. The molecular weight excluding hydrogens is 212 g/mol. The maximum atomic E-state index is 5.92. The molecular formula is C14H22N2O. The molecule has 17 heavy (non-hydrogen) atoms. The third kappa shape index (κ3) is 3.13. The molecule has 1 aromatic rings. The Balaban J connectivity index is 2.05. The largest absolute Gasteiger partial charge is 0.484 e. The van der Waals surface area contributed by atoms with E-state index in [1.807, 2.05) is 0 Å². The molecule has 0 bridgehead atoms. The molecule has 94 valence electrons. The molecule has 0 saturated heterocycles. The molecule has 1 heterocycles. The Hall–Kier alpha value is -1.22. The van der Waals surface area contributed by atoms with Gasteiger partial charge in [-0.3, -0.25) is 0 Å². The number of benzene rings is 1. The molecule has 0 aromatic heterocycles. The molecule has 0 atom stereocenters. The fraction of sp³-hybridized carbons (Fsp3) is 0.571. The number of hydrogen-bond donors (Lipinski definition) is 2. The van der Waals surface area contributed by atoms with Gasteiger partial charge in [-0.15, -0.1) is 0 Å². The Bertz CT molecular complexity index is 388. The van der Waals surface area contributed by atoms with Crippen LogP contribution in [-0.4, -0.2) is 18.7 Å². The molecule has 0 radical (unpaired) electrons. The van der Waals surface area contributed by atoms with Crippen molar-refractivity contribution in [2.45, 2.75) is 38.7 Å².